The van der Waals surface area contributed by atoms with Crippen molar-refractivity contribution in [3.63, 3.8) is 0 Å². The fraction of sp³-hybridized carbons (Fsp3) is 0.250. The largest absolute Gasteiger partial charge is 0.490 e. The zero-order chi connectivity index (χ0) is 23.0. The Morgan fingerprint density at radius 1 is 1.16 bits per heavy atom. The molecule has 0 saturated heterocycles. The van der Waals surface area contributed by atoms with E-state index in [-0.39, 0.29) is 4.90 Å². The molecule has 1 aromatic heterocycles. The highest BCUT2D eigenvalue weighted by Crippen LogP contribution is 2.32. The summed E-state index contributed by atoms with van der Waals surface area (Å²) in [6.07, 6.45) is -2.51. The van der Waals surface area contributed by atoms with Crippen LogP contribution in [0.3, 0.4) is 0 Å². The quantitative estimate of drug-likeness (QED) is 0.583. The second kappa shape index (κ2) is 8.52. The number of carbonyl (C=O) groups is 1. The number of alkyl halides is 3. The van der Waals surface area contributed by atoms with Crippen LogP contribution < -0.4 is 5.32 Å². The predicted molar refractivity (Wildman–Crippen MR) is 110 cm³/mol. The van der Waals surface area contributed by atoms with Gasteiger partial charge in [0.05, 0.1) is 10.4 Å². The Morgan fingerprint density at radius 2 is 1.81 bits per heavy atom. The van der Waals surface area contributed by atoms with Crippen LogP contribution in [0.15, 0.2) is 47.5 Å². The van der Waals surface area contributed by atoms with Gasteiger partial charge in [-0.3, -0.25) is 0 Å². The van der Waals surface area contributed by atoms with E-state index in [9.17, 15) is 21.6 Å². The maximum absolute atomic E-state index is 13.3. The Kier molecular flexibility index (Phi) is 6.35. The second-order valence-electron chi connectivity index (χ2n) is 6.86. The maximum atomic E-state index is 13.3. The van der Waals surface area contributed by atoms with E-state index >= 15 is 0 Å². The number of aliphatic carboxylic acids is 1. The molecule has 0 fully saturated rings. The van der Waals surface area contributed by atoms with Gasteiger partial charge in [-0.25, -0.2) is 17.2 Å². The summed E-state index contributed by atoms with van der Waals surface area (Å²) < 4.78 is 59.7. The summed E-state index contributed by atoms with van der Waals surface area (Å²) in [6.45, 7) is 3.33. The minimum atomic E-state index is -5.08. The lowest BCUT2D eigenvalue weighted by Crippen LogP contribution is -2.21. The Bertz CT molecular complexity index is 1250. The Labute approximate surface area is 181 Å². The van der Waals surface area contributed by atoms with Gasteiger partial charge < -0.3 is 10.4 Å². The Balaban J connectivity index is 0.000000339. The first-order valence-corrected chi connectivity index (χ1v) is 10.9. The van der Waals surface area contributed by atoms with Gasteiger partial charge in [-0.05, 0) is 54.8 Å². The van der Waals surface area contributed by atoms with E-state index in [0.717, 1.165) is 41.5 Å². The second-order valence-corrected chi connectivity index (χ2v) is 9.05. The Morgan fingerprint density at radius 3 is 2.45 bits per heavy atom. The van der Waals surface area contributed by atoms with Crippen molar-refractivity contribution in [1.82, 2.24) is 9.29 Å². The lowest BCUT2D eigenvalue weighted by molar-refractivity contribution is -0.192. The van der Waals surface area contributed by atoms with E-state index in [1.165, 1.54) is 3.97 Å². The molecule has 0 atom stereocenters. The molecule has 0 radical (unpaired) electrons. The van der Waals surface area contributed by atoms with Gasteiger partial charge in [0.15, 0.2) is 0 Å². The van der Waals surface area contributed by atoms with Gasteiger partial charge in [-0.2, -0.15) is 13.2 Å². The van der Waals surface area contributed by atoms with Crippen LogP contribution in [0.4, 0.5) is 13.2 Å². The topological polar surface area (TPSA) is 88.4 Å². The van der Waals surface area contributed by atoms with Crippen molar-refractivity contribution >= 4 is 38.5 Å². The molecule has 1 aliphatic rings. The monoisotopic (exact) mass is 474 g/mol. The fourth-order valence-corrected chi connectivity index (χ4v) is 5.24. The SMILES string of the molecule is Cc1c(Cl)cccc1S(=O)(=O)n1cc2c3c(cccc31)CNCC2.O=C(O)C(F)(F)F. The number of nitrogens with zero attached hydrogens (tertiary/aromatic N) is 1. The van der Waals surface area contributed by atoms with Crippen LogP contribution in [-0.4, -0.2) is 36.2 Å². The number of benzene rings is 2. The van der Waals surface area contributed by atoms with Crippen LogP contribution in [0.5, 0.6) is 0 Å². The number of nitrogens with one attached hydrogen (secondary N) is 1. The third-order valence-electron chi connectivity index (χ3n) is 4.84. The third-order valence-corrected chi connectivity index (χ3v) is 7.07. The highest BCUT2D eigenvalue weighted by atomic mass is 35.5. The number of hydrogen-bond donors (Lipinski definition) is 2. The summed E-state index contributed by atoms with van der Waals surface area (Å²) in [6, 6.07) is 10.8. The van der Waals surface area contributed by atoms with E-state index in [4.69, 9.17) is 21.5 Å². The highest BCUT2D eigenvalue weighted by molar-refractivity contribution is 7.90. The van der Waals surface area contributed by atoms with Crippen molar-refractivity contribution in [3.05, 3.63) is 64.3 Å². The minimum absolute atomic E-state index is 0.249. The molecule has 0 bridgehead atoms. The zero-order valence-corrected chi connectivity index (χ0v) is 17.8. The molecule has 2 heterocycles. The molecular weight excluding hydrogens is 457 g/mol. The van der Waals surface area contributed by atoms with Crippen LogP contribution >= 0.6 is 11.6 Å². The number of carboxylic acids is 1. The van der Waals surface area contributed by atoms with Crippen molar-refractivity contribution in [2.45, 2.75) is 31.0 Å². The molecule has 166 valence electrons. The molecule has 1 aliphatic heterocycles. The summed E-state index contributed by atoms with van der Waals surface area (Å²) in [5.41, 5.74) is 3.50. The highest BCUT2D eigenvalue weighted by Gasteiger charge is 2.38. The fourth-order valence-electron chi connectivity index (χ4n) is 3.37. The normalized spacial score (nSPS) is 14.0. The van der Waals surface area contributed by atoms with E-state index in [2.05, 4.69) is 5.32 Å². The van der Waals surface area contributed by atoms with Gasteiger partial charge in [-0.15, -0.1) is 0 Å². The number of hydrogen-bond acceptors (Lipinski definition) is 4. The molecule has 11 heteroatoms. The molecule has 0 spiro atoms. The predicted octanol–water partition coefficient (Wildman–Crippen LogP) is 4.12. The van der Waals surface area contributed by atoms with Crippen LogP contribution in [-0.2, 0) is 27.8 Å². The van der Waals surface area contributed by atoms with Gasteiger partial charge >= 0.3 is 12.1 Å². The van der Waals surface area contributed by atoms with Crippen molar-refractivity contribution in [1.29, 1.82) is 0 Å². The standard InChI is InChI=1S/C18H17ClN2O2S.C2HF3O2/c1-12-15(19)5-3-7-17(12)24(22,23)21-11-14-8-9-20-10-13-4-2-6-16(21)18(13)14;3-2(4,5)1(6)7/h2-7,11,20H,8-10H2,1H3;(H,6,7). The summed E-state index contributed by atoms with van der Waals surface area (Å²) >= 11 is 6.13. The molecule has 0 amide bonds. The third kappa shape index (κ3) is 4.56. The van der Waals surface area contributed by atoms with Gasteiger partial charge in [-0.1, -0.05) is 29.8 Å². The molecule has 2 N–H and O–H groups in total. The summed E-state index contributed by atoms with van der Waals surface area (Å²) in [5.74, 6) is -2.76. The van der Waals surface area contributed by atoms with E-state index in [1.54, 1.807) is 31.3 Å². The first-order valence-electron chi connectivity index (χ1n) is 9.08. The van der Waals surface area contributed by atoms with Crippen LogP contribution in [0.25, 0.3) is 10.9 Å². The lowest BCUT2D eigenvalue weighted by atomic mass is 10.1. The van der Waals surface area contributed by atoms with E-state index in [1.807, 2.05) is 18.2 Å². The summed E-state index contributed by atoms with van der Waals surface area (Å²) in [7, 11) is -3.70. The molecule has 6 nitrogen and oxygen atoms in total. The zero-order valence-electron chi connectivity index (χ0n) is 16.2. The van der Waals surface area contributed by atoms with E-state index < -0.39 is 22.2 Å². The van der Waals surface area contributed by atoms with Crippen molar-refractivity contribution in [2.24, 2.45) is 0 Å². The minimum Gasteiger partial charge on any atom is -0.475 e. The molecule has 0 saturated carbocycles. The Hall–Kier alpha value is -2.56. The summed E-state index contributed by atoms with van der Waals surface area (Å²) in [5, 5.41) is 12.0. The van der Waals surface area contributed by atoms with Crippen LogP contribution in [0.1, 0.15) is 16.7 Å². The van der Waals surface area contributed by atoms with Gasteiger partial charge in [0.2, 0.25) is 0 Å². The molecule has 3 aromatic rings. The molecular formula is C20H18ClF3N2O4S. The average Bonchev–Trinajstić information content (AvgIpc) is 2.94. The molecule has 0 unspecified atom stereocenters. The van der Waals surface area contributed by atoms with Gasteiger partial charge in [0, 0.05) is 23.2 Å². The molecule has 2 aromatic carbocycles. The number of aromatic nitrogens is 1. The molecule has 0 aliphatic carbocycles. The van der Waals surface area contributed by atoms with Crippen LogP contribution in [0, 0.1) is 6.92 Å². The molecule has 4 rings (SSSR count). The lowest BCUT2D eigenvalue weighted by Gasteiger charge is -2.12. The van der Waals surface area contributed by atoms with Crippen molar-refractivity contribution in [3.8, 4) is 0 Å². The smallest absolute Gasteiger partial charge is 0.475 e. The maximum Gasteiger partial charge on any atom is 0.490 e. The van der Waals surface area contributed by atoms with Crippen LogP contribution in [0.2, 0.25) is 5.02 Å². The number of halogens is 4. The van der Waals surface area contributed by atoms with Gasteiger partial charge in [0.25, 0.3) is 10.0 Å². The average molecular weight is 475 g/mol. The first-order chi connectivity index (χ1) is 14.4. The van der Waals surface area contributed by atoms with Crippen molar-refractivity contribution in [2.75, 3.05) is 6.54 Å². The van der Waals surface area contributed by atoms with E-state index in [0.29, 0.717) is 10.6 Å². The van der Waals surface area contributed by atoms with Gasteiger partial charge in [0.1, 0.15) is 0 Å². The first kappa shape index (κ1) is 23.1. The van der Waals surface area contributed by atoms with Crippen molar-refractivity contribution < 1.29 is 31.5 Å². The molecule has 31 heavy (non-hydrogen) atoms. The number of carboxylic acid groups (broad SMARTS) is 1. The summed E-state index contributed by atoms with van der Waals surface area (Å²) in [4.78, 5) is 9.14. The number of rotatable bonds is 2.